The molecule has 1 aromatic rings. The molecule has 0 unspecified atom stereocenters. The number of para-hydroxylation sites is 2. The van der Waals surface area contributed by atoms with Crippen LogP contribution in [0, 0.1) is 0 Å². The molecule has 7 heteroatoms. The predicted octanol–water partition coefficient (Wildman–Crippen LogP) is 1.23. The molecule has 0 aliphatic heterocycles. The average Bonchev–Trinajstić information content (AvgIpc) is 2.25. The molecule has 0 heterocycles. The zero-order chi connectivity index (χ0) is 13.0. The van der Waals surface area contributed by atoms with Crippen molar-refractivity contribution in [3.63, 3.8) is 0 Å². The lowest BCUT2D eigenvalue weighted by Gasteiger charge is -2.32. The molecule has 0 radical (unpaired) electrons. The largest absolute Gasteiger partial charge is 0.397 e. The number of nitrogens with zero attached hydrogens (tertiary/aromatic N) is 3. The van der Waals surface area contributed by atoms with E-state index < -0.39 is 8.45 Å². The second kappa shape index (κ2) is 6.14. The number of rotatable bonds is 5. The molecule has 0 aliphatic carbocycles. The lowest BCUT2D eigenvalue weighted by atomic mass is 10.3. The van der Waals surface area contributed by atoms with Crippen LogP contribution in [0.2, 0.25) is 0 Å². The standard InChI is InChI=1S/C10H20N5OP/c1-13(2)17(14(3)4)16-15(12)10-8-6-5-7-9(10)11/h5-8H,11-12H2,1-4H3. The number of nitrogen functional groups attached to an aromatic ring is 1. The van der Waals surface area contributed by atoms with Gasteiger partial charge in [-0.15, -0.1) is 0 Å². The number of anilines is 2. The molecular formula is C10H20N5OP. The summed E-state index contributed by atoms with van der Waals surface area (Å²) in [5.41, 5.74) is 7.07. The zero-order valence-corrected chi connectivity index (χ0v) is 11.6. The summed E-state index contributed by atoms with van der Waals surface area (Å²) in [4.78, 5) is 0. The van der Waals surface area contributed by atoms with Crippen molar-refractivity contribution < 1.29 is 4.62 Å². The Morgan fingerprint density at radius 3 is 2.06 bits per heavy atom. The first-order chi connectivity index (χ1) is 7.93. The van der Waals surface area contributed by atoms with Crippen molar-refractivity contribution >= 4 is 19.8 Å². The monoisotopic (exact) mass is 257 g/mol. The van der Waals surface area contributed by atoms with Crippen LogP contribution in [0.15, 0.2) is 24.3 Å². The van der Waals surface area contributed by atoms with Crippen molar-refractivity contribution in [3.05, 3.63) is 24.3 Å². The third-order valence-corrected chi connectivity index (χ3v) is 3.71. The quantitative estimate of drug-likeness (QED) is 0.358. The molecule has 0 saturated carbocycles. The Morgan fingerprint density at radius 1 is 1.06 bits per heavy atom. The molecule has 6 nitrogen and oxygen atoms in total. The van der Waals surface area contributed by atoms with Crippen LogP contribution >= 0.6 is 8.45 Å². The fraction of sp³-hybridized carbons (Fsp3) is 0.400. The van der Waals surface area contributed by atoms with E-state index in [-0.39, 0.29) is 0 Å². The number of hydrogen-bond acceptors (Lipinski definition) is 6. The van der Waals surface area contributed by atoms with Gasteiger partial charge in [-0.05, 0) is 40.3 Å². The van der Waals surface area contributed by atoms with Crippen LogP contribution in [0.5, 0.6) is 0 Å². The summed E-state index contributed by atoms with van der Waals surface area (Å²) in [6.45, 7) is 0. The Hall–Kier alpha value is -0.910. The Balaban J connectivity index is 2.77. The van der Waals surface area contributed by atoms with E-state index in [9.17, 15) is 0 Å². The maximum atomic E-state index is 5.87. The first kappa shape index (κ1) is 14.2. The van der Waals surface area contributed by atoms with Crippen LogP contribution in [-0.2, 0) is 4.62 Å². The lowest BCUT2D eigenvalue weighted by Crippen LogP contribution is -2.34. The van der Waals surface area contributed by atoms with Gasteiger partial charge in [-0.2, -0.15) is 5.17 Å². The molecule has 1 aromatic carbocycles. The van der Waals surface area contributed by atoms with Gasteiger partial charge < -0.3 is 5.73 Å². The Morgan fingerprint density at radius 2 is 1.59 bits per heavy atom. The minimum absolute atomic E-state index is 0.586. The van der Waals surface area contributed by atoms with Gasteiger partial charge >= 0.3 is 0 Å². The van der Waals surface area contributed by atoms with Crippen molar-refractivity contribution in [3.8, 4) is 0 Å². The minimum Gasteiger partial charge on any atom is -0.397 e. The molecule has 0 spiro atoms. The molecular weight excluding hydrogens is 237 g/mol. The first-order valence-corrected chi connectivity index (χ1v) is 6.32. The summed E-state index contributed by atoms with van der Waals surface area (Å²) in [6, 6.07) is 7.32. The highest BCUT2D eigenvalue weighted by Crippen LogP contribution is 2.42. The fourth-order valence-electron chi connectivity index (χ4n) is 1.31. The Bertz CT molecular complexity index is 352. The van der Waals surface area contributed by atoms with Gasteiger partial charge in [0.2, 0.25) is 8.45 Å². The van der Waals surface area contributed by atoms with Crippen LogP contribution in [0.25, 0.3) is 0 Å². The van der Waals surface area contributed by atoms with Gasteiger partial charge in [0.15, 0.2) is 0 Å². The van der Waals surface area contributed by atoms with E-state index in [0.29, 0.717) is 11.4 Å². The van der Waals surface area contributed by atoms with Gasteiger partial charge in [-0.1, -0.05) is 12.1 Å². The number of hydrazine groups is 1. The molecule has 0 amide bonds. The zero-order valence-electron chi connectivity index (χ0n) is 10.7. The fourth-order valence-corrected chi connectivity index (χ4v) is 2.57. The van der Waals surface area contributed by atoms with E-state index >= 15 is 0 Å². The van der Waals surface area contributed by atoms with Crippen LogP contribution in [0.3, 0.4) is 0 Å². The normalized spacial score (nSPS) is 11.5. The van der Waals surface area contributed by atoms with Crippen LogP contribution in [0.1, 0.15) is 0 Å². The number of nitrogens with two attached hydrogens (primary N) is 2. The first-order valence-electron chi connectivity index (χ1n) is 5.15. The summed E-state index contributed by atoms with van der Waals surface area (Å²) in [5, 5.41) is 1.22. The van der Waals surface area contributed by atoms with E-state index in [1.54, 1.807) is 6.07 Å². The molecule has 0 saturated heterocycles. The maximum Gasteiger partial charge on any atom is 0.217 e. The van der Waals surface area contributed by atoms with Gasteiger partial charge in [-0.3, -0.25) is 9.34 Å². The molecule has 0 aliphatic rings. The highest BCUT2D eigenvalue weighted by atomic mass is 31.2. The molecule has 17 heavy (non-hydrogen) atoms. The summed E-state index contributed by atoms with van der Waals surface area (Å²) < 4.78 is 9.62. The molecule has 0 fully saturated rings. The van der Waals surface area contributed by atoms with Crippen molar-refractivity contribution in [2.45, 2.75) is 0 Å². The highest BCUT2D eigenvalue weighted by molar-refractivity contribution is 7.47. The van der Waals surface area contributed by atoms with Gasteiger partial charge in [0.1, 0.15) is 5.69 Å². The SMILES string of the molecule is CN(C)P(ON(N)c1ccccc1N)N(C)C. The highest BCUT2D eigenvalue weighted by Gasteiger charge is 2.20. The van der Waals surface area contributed by atoms with Crippen LogP contribution < -0.4 is 16.7 Å². The molecule has 1 rings (SSSR count). The van der Waals surface area contributed by atoms with E-state index in [1.165, 1.54) is 5.17 Å². The maximum absolute atomic E-state index is 5.87. The van der Waals surface area contributed by atoms with E-state index in [2.05, 4.69) is 0 Å². The van der Waals surface area contributed by atoms with E-state index in [0.717, 1.165) is 0 Å². The molecule has 96 valence electrons. The molecule has 0 bridgehead atoms. The molecule has 0 aromatic heterocycles. The second-order valence-corrected chi connectivity index (χ2v) is 6.18. The topological polar surface area (TPSA) is 71.0 Å². The lowest BCUT2D eigenvalue weighted by molar-refractivity contribution is 0.268. The predicted molar refractivity (Wildman–Crippen MR) is 72.9 cm³/mol. The van der Waals surface area contributed by atoms with Crippen LogP contribution in [-0.4, -0.2) is 37.5 Å². The van der Waals surface area contributed by atoms with Crippen molar-refractivity contribution in [1.82, 2.24) is 9.34 Å². The number of benzene rings is 1. The summed E-state index contributed by atoms with van der Waals surface area (Å²) in [7, 11) is 6.81. The third kappa shape index (κ3) is 3.80. The second-order valence-electron chi connectivity index (χ2n) is 3.91. The van der Waals surface area contributed by atoms with Crippen LogP contribution in [0.4, 0.5) is 11.4 Å². The summed E-state index contributed by atoms with van der Waals surface area (Å²) >= 11 is 0. The van der Waals surface area contributed by atoms with Gasteiger partial charge in [0.25, 0.3) is 0 Å². The minimum atomic E-state index is -0.942. The molecule has 0 atom stereocenters. The van der Waals surface area contributed by atoms with Crippen molar-refractivity contribution in [2.24, 2.45) is 5.84 Å². The van der Waals surface area contributed by atoms with Crippen molar-refractivity contribution in [2.75, 3.05) is 39.1 Å². The molecule has 4 N–H and O–H groups in total. The summed E-state index contributed by atoms with van der Waals surface area (Å²) in [5.74, 6) is 5.87. The van der Waals surface area contributed by atoms with Crippen molar-refractivity contribution in [1.29, 1.82) is 0 Å². The van der Waals surface area contributed by atoms with E-state index in [1.807, 2.05) is 55.7 Å². The van der Waals surface area contributed by atoms with Gasteiger partial charge in [0.05, 0.1) is 5.69 Å². The van der Waals surface area contributed by atoms with Gasteiger partial charge in [0, 0.05) is 0 Å². The van der Waals surface area contributed by atoms with E-state index in [4.69, 9.17) is 16.2 Å². The summed E-state index contributed by atoms with van der Waals surface area (Å²) in [6.07, 6.45) is 0. The smallest absolute Gasteiger partial charge is 0.217 e. The van der Waals surface area contributed by atoms with Gasteiger partial charge in [-0.25, -0.2) is 10.5 Å². The Kier molecular flexibility index (Phi) is 5.11. The average molecular weight is 257 g/mol. The number of hydrogen-bond donors (Lipinski definition) is 2. The Labute approximate surface area is 104 Å². The third-order valence-electron chi connectivity index (χ3n) is 2.02.